The third kappa shape index (κ3) is 8.59. The summed E-state index contributed by atoms with van der Waals surface area (Å²) in [5.41, 5.74) is -1.60. The number of ketones is 1. The summed E-state index contributed by atoms with van der Waals surface area (Å²) in [7, 11) is 1.59. The molecule has 0 bridgehead atoms. The summed E-state index contributed by atoms with van der Waals surface area (Å²) in [6.45, 7) is 5.63. The van der Waals surface area contributed by atoms with Crippen molar-refractivity contribution in [3.63, 3.8) is 0 Å². The van der Waals surface area contributed by atoms with E-state index in [1.807, 2.05) is 23.9 Å². The number of carbonyl (C=O) groups excluding carboxylic acids is 2. The SMILES string of the molecule is CCCC(CCCC(=O)c1ccc(SC(F)(F)F)cc1)Cn1cc2c(C)c(C(=O)NCCOC)ccc2n1. The highest BCUT2D eigenvalue weighted by molar-refractivity contribution is 8.00. The normalized spacial score (nSPS) is 12.6. The first kappa shape index (κ1) is 29.7. The lowest BCUT2D eigenvalue weighted by Crippen LogP contribution is -2.27. The minimum absolute atomic E-state index is 0.0674. The molecule has 2 aromatic carbocycles. The fourth-order valence-corrected chi connectivity index (χ4v) is 5.06. The van der Waals surface area contributed by atoms with Crippen LogP contribution in [0.2, 0.25) is 0 Å². The number of rotatable bonds is 14. The molecular formula is C28H34F3N3O3S. The molecule has 1 heterocycles. The van der Waals surface area contributed by atoms with Gasteiger partial charge in [-0.25, -0.2) is 0 Å². The van der Waals surface area contributed by atoms with Crippen LogP contribution in [0.1, 0.15) is 65.3 Å². The Balaban J connectivity index is 1.59. The first-order valence-electron chi connectivity index (χ1n) is 12.7. The first-order chi connectivity index (χ1) is 18.1. The van der Waals surface area contributed by atoms with Crippen molar-refractivity contribution in [2.75, 3.05) is 20.3 Å². The van der Waals surface area contributed by atoms with Crippen molar-refractivity contribution in [3.8, 4) is 0 Å². The van der Waals surface area contributed by atoms with Gasteiger partial charge in [-0.15, -0.1) is 0 Å². The Morgan fingerprint density at radius 1 is 1.13 bits per heavy atom. The van der Waals surface area contributed by atoms with E-state index in [2.05, 4.69) is 12.2 Å². The van der Waals surface area contributed by atoms with Gasteiger partial charge in [0, 0.05) is 54.2 Å². The van der Waals surface area contributed by atoms with Gasteiger partial charge < -0.3 is 10.1 Å². The number of hydrogen-bond acceptors (Lipinski definition) is 5. The lowest BCUT2D eigenvalue weighted by Gasteiger charge is -2.16. The topological polar surface area (TPSA) is 73.2 Å². The molecule has 0 aliphatic carbocycles. The summed E-state index contributed by atoms with van der Waals surface area (Å²) in [5.74, 6) is 0.113. The second-order valence-electron chi connectivity index (χ2n) is 9.31. The predicted molar refractivity (Wildman–Crippen MR) is 144 cm³/mol. The van der Waals surface area contributed by atoms with E-state index < -0.39 is 5.51 Å². The average Bonchev–Trinajstić information content (AvgIpc) is 3.27. The molecule has 38 heavy (non-hydrogen) atoms. The molecular weight excluding hydrogens is 515 g/mol. The lowest BCUT2D eigenvalue weighted by molar-refractivity contribution is -0.0328. The van der Waals surface area contributed by atoms with E-state index in [0.29, 0.717) is 49.6 Å². The molecule has 1 unspecified atom stereocenters. The zero-order valence-electron chi connectivity index (χ0n) is 21.9. The Bertz CT molecular complexity index is 1230. The number of amides is 1. The zero-order chi connectivity index (χ0) is 27.7. The van der Waals surface area contributed by atoms with Gasteiger partial charge in [0.15, 0.2) is 5.78 Å². The van der Waals surface area contributed by atoms with E-state index in [1.54, 1.807) is 13.2 Å². The molecule has 3 aromatic rings. The summed E-state index contributed by atoms with van der Waals surface area (Å²) < 4.78 is 44.4. The van der Waals surface area contributed by atoms with Gasteiger partial charge in [0.1, 0.15) is 0 Å². The number of carbonyl (C=O) groups is 2. The standard InChI is InChI=1S/C28H34F3N3O3S/c1-4-6-20(7-5-8-26(35)21-9-11-22(12-10-21)38-28(29,30)31)17-34-18-24-19(2)23(13-14-25(24)33-34)27(36)32-15-16-37-3/h9-14,18,20H,4-8,15-17H2,1-3H3,(H,32,36). The minimum Gasteiger partial charge on any atom is -0.383 e. The molecule has 1 aromatic heterocycles. The molecule has 0 saturated heterocycles. The zero-order valence-corrected chi connectivity index (χ0v) is 22.8. The summed E-state index contributed by atoms with van der Waals surface area (Å²) in [4.78, 5) is 25.2. The van der Waals surface area contributed by atoms with Crippen molar-refractivity contribution < 1.29 is 27.5 Å². The molecule has 1 atom stereocenters. The monoisotopic (exact) mass is 549 g/mol. The number of alkyl halides is 3. The highest BCUT2D eigenvalue weighted by atomic mass is 32.2. The number of halogens is 3. The van der Waals surface area contributed by atoms with Crippen molar-refractivity contribution in [1.29, 1.82) is 0 Å². The Morgan fingerprint density at radius 2 is 1.87 bits per heavy atom. The van der Waals surface area contributed by atoms with Crippen LogP contribution in [0.3, 0.4) is 0 Å². The van der Waals surface area contributed by atoms with Crippen molar-refractivity contribution in [2.24, 2.45) is 5.92 Å². The summed E-state index contributed by atoms with van der Waals surface area (Å²) >= 11 is -0.187. The largest absolute Gasteiger partial charge is 0.446 e. The van der Waals surface area contributed by atoms with E-state index in [0.717, 1.165) is 35.7 Å². The van der Waals surface area contributed by atoms with Crippen LogP contribution < -0.4 is 5.32 Å². The third-order valence-corrected chi connectivity index (χ3v) is 7.15. The Morgan fingerprint density at radius 3 is 2.53 bits per heavy atom. The van der Waals surface area contributed by atoms with Crippen LogP contribution in [-0.4, -0.2) is 47.2 Å². The molecule has 0 fully saturated rings. The Kier molecular flexibility index (Phi) is 10.8. The number of nitrogens with zero attached hydrogens (tertiary/aromatic N) is 2. The molecule has 206 valence electrons. The fraction of sp³-hybridized carbons (Fsp3) is 0.464. The average molecular weight is 550 g/mol. The van der Waals surface area contributed by atoms with Crippen LogP contribution in [-0.2, 0) is 11.3 Å². The second kappa shape index (κ2) is 13.8. The van der Waals surface area contributed by atoms with Crippen LogP contribution >= 0.6 is 11.8 Å². The molecule has 6 nitrogen and oxygen atoms in total. The molecule has 0 radical (unpaired) electrons. The fourth-order valence-electron chi connectivity index (χ4n) is 4.52. The number of nitrogens with one attached hydrogen (secondary N) is 1. The Hall–Kier alpha value is -2.85. The minimum atomic E-state index is -4.35. The first-order valence-corrected chi connectivity index (χ1v) is 13.6. The van der Waals surface area contributed by atoms with Crippen LogP contribution in [0.4, 0.5) is 13.2 Å². The maximum atomic E-state index is 12.6. The van der Waals surface area contributed by atoms with Gasteiger partial charge in [-0.2, -0.15) is 18.3 Å². The number of benzene rings is 2. The van der Waals surface area contributed by atoms with Crippen molar-refractivity contribution >= 4 is 34.4 Å². The molecule has 0 saturated carbocycles. The summed E-state index contributed by atoms with van der Waals surface area (Å²) in [5, 5.41) is 8.50. The molecule has 1 N–H and O–H groups in total. The third-order valence-electron chi connectivity index (χ3n) is 6.41. The lowest BCUT2D eigenvalue weighted by atomic mass is 9.95. The van der Waals surface area contributed by atoms with Crippen molar-refractivity contribution in [1.82, 2.24) is 15.1 Å². The van der Waals surface area contributed by atoms with Crippen molar-refractivity contribution in [3.05, 3.63) is 59.3 Å². The van der Waals surface area contributed by atoms with Gasteiger partial charge in [-0.05, 0) is 73.7 Å². The number of fused-ring (bicyclic) bond motifs is 1. The highest BCUT2D eigenvalue weighted by Gasteiger charge is 2.29. The maximum absolute atomic E-state index is 12.6. The summed E-state index contributed by atoms with van der Waals surface area (Å²) in [6.07, 6.45) is 5.83. The van der Waals surface area contributed by atoms with E-state index >= 15 is 0 Å². The predicted octanol–water partition coefficient (Wildman–Crippen LogP) is 6.80. The quantitative estimate of drug-likeness (QED) is 0.136. The van der Waals surface area contributed by atoms with Crippen LogP contribution in [0.25, 0.3) is 10.9 Å². The van der Waals surface area contributed by atoms with E-state index in [9.17, 15) is 22.8 Å². The van der Waals surface area contributed by atoms with Crippen LogP contribution in [0.5, 0.6) is 0 Å². The second-order valence-corrected chi connectivity index (χ2v) is 10.5. The number of Topliss-reactive ketones (excluding diaryl/α,β-unsaturated/α-hetero) is 1. The van der Waals surface area contributed by atoms with Gasteiger partial charge >= 0.3 is 5.51 Å². The smallest absolute Gasteiger partial charge is 0.383 e. The van der Waals surface area contributed by atoms with Crippen LogP contribution in [0, 0.1) is 12.8 Å². The summed E-state index contributed by atoms with van der Waals surface area (Å²) in [6, 6.07) is 9.25. The molecule has 3 rings (SSSR count). The molecule has 0 aliphatic heterocycles. The number of methoxy groups -OCH3 is 1. The van der Waals surface area contributed by atoms with Gasteiger partial charge in [0.05, 0.1) is 12.1 Å². The maximum Gasteiger partial charge on any atom is 0.446 e. The van der Waals surface area contributed by atoms with E-state index in [1.165, 1.54) is 24.3 Å². The molecule has 10 heteroatoms. The number of thioether (sulfide) groups is 1. The molecule has 0 aliphatic rings. The number of aryl methyl sites for hydroxylation is 1. The van der Waals surface area contributed by atoms with Gasteiger partial charge in [-0.1, -0.05) is 25.5 Å². The van der Waals surface area contributed by atoms with E-state index in [-0.39, 0.29) is 28.3 Å². The number of hydrogen-bond donors (Lipinski definition) is 1. The number of ether oxygens (including phenoxy) is 1. The van der Waals surface area contributed by atoms with Gasteiger partial charge in [0.25, 0.3) is 5.91 Å². The van der Waals surface area contributed by atoms with Gasteiger partial charge in [0.2, 0.25) is 0 Å². The van der Waals surface area contributed by atoms with Crippen LogP contribution in [0.15, 0.2) is 47.5 Å². The van der Waals surface area contributed by atoms with E-state index in [4.69, 9.17) is 9.84 Å². The van der Waals surface area contributed by atoms with Gasteiger partial charge in [-0.3, -0.25) is 14.3 Å². The van der Waals surface area contributed by atoms with Crippen molar-refractivity contribution in [2.45, 2.75) is 62.9 Å². The Labute approximate surface area is 225 Å². The highest BCUT2D eigenvalue weighted by Crippen LogP contribution is 2.36. The number of aromatic nitrogens is 2. The molecule has 1 amide bonds. The molecule has 0 spiro atoms.